The van der Waals surface area contributed by atoms with Gasteiger partial charge < -0.3 is 4.42 Å². The van der Waals surface area contributed by atoms with Crippen LogP contribution in [-0.2, 0) is 10.0 Å². The summed E-state index contributed by atoms with van der Waals surface area (Å²) in [5.41, 5.74) is 2.01. The lowest BCUT2D eigenvalue weighted by atomic mass is 10.1. The van der Waals surface area contributed by atoms with E-state index in [9.17, 15) is 8.42 Å². The highest BCUT2D eigenvalue weighted by Gasteiger charge is 2.37. The van der Waals surface area contributed by atoms with Crippen LogP contribution in [0.3, 0.4) is 0 Å². The molecule has 2 atom stereocenters. The van der Waals surface area contributed by atoms with Crippen molar-refractivity contribution >= 4 is 38.8 Å². The lowest BCUT2D eigenvalue weighted by molar-refractivity contribution is 0.558. The van der Waals surface area contributed by atoms with Gasteiger partial charge in [-0.05, 0) is 34.0 Å². The van der Waals surface area contributed by atoms with Crippen molar-refractivity contribution in [3.63, 3.8) is 0 Å². The van der Waals surface area contributed by atoms with Crippen molar-refractivity contribution in [1.82, 2.24) is 19.6 Å². The average molecular weight is 440 g/mol. The second kappa shape index (κ2) is 7.38. The highest BCUT2D eigenvalue weighted by atomic mass is 32.2. The zero-order chi connectivity index (χ0) is 20.7. The molecule has 5 rings (SSSR count). The molecule has 0 saturated carbocycles. The number of nitrogens with zero attached hydrogens (tertiary/aromatic N) is 4. The first kappa shape index (κ1) is 19.0. The largest absolute Gasteiger partial charge is 0.463 e. The number of nitrogens with one attached hydrogen (secondary N) is 1. The molecule has 30 heavy (non-hydrogen) atoms. The van der Waals surface area contributed by atoms with Gasteiger partial charge in [0.05, 0.1) is 30.0 Å². The van der Waals surface area contributed by atoms with Crippen LogP contribution in [0.4, 0.5) is 0 Å². The molecule has 1 aliphatic rings. The molecule has 1 N–H and O–H groups in total. The van der Waals surface area contributed by atoms with E-state index in [1.165, 1.54) is 24.3 Å². The quantitative estimate of drug-likeness (QED) is 0.462. The molecule has 8 nitrogen and oxygen atoms in total. The molecule has 4 aromatic rings. The maximum absolute atomic E-state index is 12.1. The Hall–Kier alpha value is -2.95. The number of thioether (sulfide) groups is 1. The summed E-state index contributed by atoms with van der Waals surface area (Å²) in [7, 11) is -3.43. The number of hydrogen-bond acceptors (Lipinski definition) is 7. The van der Waals surface area contributed by atoms with Crippen molar-refractivity contribution in [3.05, 3.63) is 78.0 Å². The van der Waals surface area contributed by atoms with Gasteiger partial charge in [0.15, 0.2) is 0 Å². The normalized spacial score (nSPS) is 18.6. The molecule has 1 aliphatic carbocycles. The maximum atomic E-state index is 12.1. The molecule has 0 aliphatic heterocycles. The molecule has 0 amide bonds. The van der Waals surface area contributed by atoms with Gasteiger partial charge in [-0.2, -0.15) is 9.78 Å². The fourth-order valence-corrected chi connectivity index (χ4v) is 5.71. The van der Waals surface area contributed by atoms with Crippen LogP contribution in [0.15, 0.2) is 75.8 Å². The van der Waals surface area contributed by atoms with E-state index in [-0.39, 0.29) is 5.25 Å². The van der Waals surface area contributed by atoms with Crippen molar-refractivity contribution in [2.24, 2.45) is 5.10 Å². The van der Waals surface area contributed by atoms with Crippen LogP contribution in [0.5, 0.6) is 0 Å². The Morgan fingerprint density at radius 3 is 2.70 bits per heavy atom. The topological polar surface area (TPSA) is 102 Å². The minimum absolute atomic E-state index is 0.220. The van der Waals surface area contributed by atoms with Crippen LogP contribution in [0.25, 0.3) is 10.8 Å². The number of hydrogen-bond donors (Lipinski definition) is 1. The van der Waals surface area contributed by atoms with Crippen molar-refractivity contribution in [2.75, 3.05) is 6.26 Å². The van der Waals surface area contributed by atoms with E-state index in [1.54, 1.807) is 29.3 Å². The second-order valence-corrected chi connectivity index (χ2v) is 9.81. The molecule has 0 fully saturated rings. The molecule has 0 unspecified atom stereocenters. The molecule has 2 heterocycles. The average Bonchev–Trinajstić information content (AvgIpc) is 3.44. The van der Waals surface area contributed by atoms with Gasteiger partial charge in [0.25, 0.3) is 0 Å². The number of furan rings is 1. The summed E-state index contributed by atoms with van der Waals surface area (Å²) in [5, 5.41) is 15.0. The van der Waals surface area contributed by atoms with Gasteiger partial charge in [-0.1, -0.05) is 48.2 Å². The first-order valence-electron chi connectivity index (χ1n) is 9.13. The molecule has 0 radical (unpaired) electrons. The van der Waals surface area contributed by atoms with Crippen molar-refractivity contribution in [3.8, 4) is 0 Å². The summed E-state index contributed by atoms with van der Waals surface area (Å²) in [6.45, 7) is 0. The van der Waals surface area contributed by atoms with Crippen LogP contribution in [0, 0.1) is 0 Å². The number of rotatable bonds is 6. The van der Waals surface area contributed by atoms with Gasteiger partial charge in [0, 0.05) is 0 Å². The number of aromatic nitrogens is 3. The summed E-state index contributed by atoms with van der Waals surface area (Å²) in [4.78, 5) is 0. The first-order valence-corrected chi connectivity index (χ1v) is 11.9. The Labute approximate surface area is 177 Å². The van der Waals surface area contributed by atoms with Crippen molar-refractivity contribution < 1.29 is 12.8 Å². The SMILES string of the molecule is CS(=O)(=O)N[C@H]1c2cccc3cccc(c23)[C@@H]1Sc1nncn1/N=C\c1ccco1. The Kier molecular flexibility index (Phi) is 4.69. The molecule has 2 aromatic heterocycles. The maximum Gasteiger partial charge on any atom is 0.212 e. The monoisotopic (exact) mass is 439 g/mol. The van der Waals surface area contributed by atoms with Crippen LogP contribution in [-0.4, -0.2) is 35.8 Å². The summed E-state index contributed by atoms with van der Waals surface area (Å²) in [6.07, 6.45) is 5.82. The smallest absolute Gasteiger partial charge is 0.212 e. The lowest BCUT2D eigenvalue weighted by Crippen LogP contribution is -2.28. The van der Waals surface area contributed by atoms with Gasteiger partial charge in [0.1, 0.15) is 12.1 Å². The third-order valence-corrected chi connectivity index (χ3v) is 6.78. The summed E-state index contributed by atoms with van der Waals surface area (Å²) in [5.74, 6) is 0.606. The predicted molar refractivity (Wildman–Crippen MR) is 115 cm³/mol. The summed E-state index contributed by atoms with van der Waals surface area (Å²) in [6, 6.07) is 15.1. The van der Waals surface area contributed by atoms with E-state index in [0.717, 1.165) is 21.9 Å². The minimum Gasteiger partial charge on any atom is -0.463 e. The standard InChI is InChI=1S/C20H17N5O3S2/c1-30(26,27)24-18-15-8-2-5-13-6-3-9-16(17(13)15)19(18)29-20-23-21-12-25(20)22-11-14-7-4-10-28-14/h2-12,18-19,24H,1H3/b22-11-/t18-,19-/m0/s1. The molecule has 152 valence electrons. The fraction of sp³-hybridized carbons (Fsp3) is 0.150. The van der Waals surface area contributed by atoms with Gasteiger partial charge >= 0.3 is 0 Å². The number of sulfonamides is 1. The van der Waals surface area contributed by atoms with E-state index in [2.05, 4.69) is 20.0 Å². The summed E-state index contributed by atoms with van der Waals surface area (Å²) < 4.78 is 33.9. The Morgan fingerprint density at radius 1 is 1.17 bits per heavy atom. The van der Waals surface area contributed by atoms with Crippen molar-refractivity contribution in [2.45, 2.75) is 16.4 Å². The zero-order valence-electron chi connectivity index (χ0n) is 15.8. The number of benzene rings is 2. The summed E-state index contributed by atoms with van der Waals surface area (Å²) >= 11 is 1.42. The predicted octanol–water partition coefficient (Wildman–Crippen LogP) is 3.34. The van der Waals surface area contributed by atoms with E-state index in [0.29, 0.717) is 10.9 Å². The molecule has 0 saturated heterocycles. The van der Waals surface area contributed by atoms with Gasteiger partial charge in [0.2, 0.25) is 15.2 Å². The first-order chi connectivity index (χ1) is 14.5. The van der Waals surface area contributed by atoms with Crippen LogP contribution in [0.1, 0.15) is 28.2 Å². The third-order valence-electron chi connectivity index (χ3n) is 4.84. The molecule has 0 bridgehead atoms. The Morgan fingerprint density at radius 2 is 1.97 bits per heavy atom. The van der Waals surface area contributed by atoms with Gasteiger partial charge in [-0.25, -0.2) is 13.1 Å². The lowest BCUT2D eigenvalue weighted by Gasteiger charge is -2.21. The van der Waals surface area contributed by atoms with E-state index in [4.69, 9.17) is 4.42 Å². The fourth-order valence-electron chi connectivity index (χ4n) is 3.70. The molecular weight excluding hydrogens is 422 g/mol. The molecular formula is C20H17N5O3S2. The van der Waals surface area contributed by atoms with E-state index < -0.39 is 16.1 Å². The van der Waals surface area contributed by atoms with Gasteiger partial charge in [-0.15, -0.1) is 10.2 Å². The van der Waals surface area contributed by atoms with Crippen LogP contribution < -0.4 is 4.72 Å². The zero-order valence-corrected chi connectivity index (χ0v) is 17.5. The van der Waals surface area contributed by atoms with Gasteiger partial charge in [-0.3, -0.25) is 0 Å². The third kappa shape index (κ3) is 3.53. The second-order valence-electron chi connectivity index (χ2n) is 6.92. The molecule has 10 heteroatoms. The Balaban J connectivity index is 1.54. The highest BCUT2D eigenvalue weighted by molar-refractivity contribution is 7.99. The van der Waals surface area contributed by atoms with Crippen LogP contribution >= 0.6 is 11.8 Å². The molecule has 2 aromatic carbocycles. The highest BCUT2D eigenvalue weighted by Crippen LogP contribution is 2.52. The van der Waals surface area contributed by atoms with Crippen LogP contribution in [0.2, 0.25) is 0 Å². The van der Waals surface area contributed by atoms with E-state index in [1.807, 2.05) is 36.4 Å². The minimum atomic E-state index is -3.43. The van der Waals surface area contributed by atoms with Crippen molar-refractivity contribution in [1.29, 1.82) is 0 Å². The Bertz CT molecular complexity index is 1340. The van der Waals surface area contributed by atoms with E-state index >= 15 is 0 Å². The molecule has 0 spiro atoms.